The fourth-order valence-electron chi connectivity index (χ4n) is 1.79. The van der Waals surface area contributed by atoms with E-state index in [4.69, 9.17) is 27.9 Å². The summed E-state index contributed by atoms with van der Waals surface area (Å²) >= 11 is 11.9. The van der Waals surface area contributed by atoms with Gasteiger partial charge in [-0.15, -0.1) is 0 Å². The highest BCUT2D eigenvalue weighted by atomic mass is 35.5. The van der Waals surface area contributed by atoms with Crippen LogP contribution in [0.15, 0.2) is 36.4 Å². The van der Waals surface area contributed by atoms with Gasteiger partial charge in [-0.1, -0.05) is 35.3 Å². The molecule has 0 amide bonds. The van der Waals surface area contributed by atoms with E-state index >= 15 is 0 Å². The Hall–Kier alpha value is -1.29. The van der Waals surface area contributed by atoms with Crippen LogP contribution in [0.1, 0.15) is 17.2 Å². The Morgan fingerprint density at radius 2 is 1.89 bits per heavy atom. The molecule has 1 atom stereocenters. The molecule has 0 saturated carbocycles. The van der Waals surface area contributed by atoms with Gasteiger partial charge in [-0.3, -0.25) is 0 Å². The van der Waals surface area contributed by atoms with Crippen molar-refractivity contribution in [2.45, 2.75) is 6.10 Å². The normalized spacial score (nSPS) is 12.3. The van der Waals surface area contributed by atoms with E-state index in [-0.39, 0.29) is 11.3 Å². The quantitative estimate of drug-likeness (QED) is 0.919. The van der Waals surface area contributed by atoms with Crippen LogP contribution >= 0.6 is 23.2 Å². The van der Waals surface area contributed by atoms with Crippen molar-refractivity contribution in [3.05, 3.63) is 63.4 Å². The van der Waals surface area contributed by atoms with Gasteiger partial charge in [0, 0.05) is 21.2 Å². The molecule has 19 heavy (non-hydrogen) atoms. The summed E-state index contributed by atoms with van der Waals surface area (Å²) in [5, 5.41) is 11.0. The van der Waals surface area contributed by atoms with Gasteiger partial charge in [0.15, 0.2) is 11.6 Å². The molecule has 5 heteroatoms. The first kappa shape index (κ1) is 14.1. The van der Waals surface area contributed by atoms with E-state index in [9.17, 15) is 9.50 Å². The number of aliphatic hydroxyl groups is 1. The molecule has 1 N–H and O–H groups in total. The minimum Gasteiger partial charge on any atom is -0.494 e. The predicted octanol–water partition coefficient (Wildman–Crippen LogP) is 4.22. The number of benzene rings is 2. The molecular weight excluding hydrogens is 290 g/mol. The summed E-state index contributed by atoms with van der Waals surface area (Å²) in [7, 11) is 1.36. The Labute approximate surface area is 120 Å². The maximum absolute atomic E-state index is 14.1. The van der Waals surface area contributed by atoms with Crippen LogP contribution in [0.2, 0.25) is 10.0 Å². The van der Waals surface area contributed by atoms with Gasteiger partial charge in [0.1, 0.15) is 6.10 Å². The van der Waals surface area contributed by atoms with Crippen molar-refractivity contribution in [3.63, 3.8) is 0 Å². The van der Waals surface area contributed by atoms with E-state index in [1.54, 1.807) is 18.2 Å². The monoisotopic (exact) mass is 300 g/mol. The zero-order chi connectivity index (χ0) is 14.0. The van der Waals surface area contributed by atoms with Gasteiger partial charge in [0.25, 0.3) is 0 Å². The molecule has 0 heterocycles. The summed E-state index contributed by atoms with van der Waals surface area (Å²) in [6, 6.07) is 9.21. The first-order valence-electron chi connectivity index (χ1n) is 5.50. The zero-order valence-electron chi connectivity index (χ0n) is 10.0. The molecule has 2 aromatic carbocycles. The summed E-state index contributed by atoms with van der Waals surface area (Å²) in [5.41, 5.74) is 0.435. The van der Waals surface area contributed by atoms with E-state index in [0.717, 1.165) is 0 Å². The second-order valence-electron chi connectivity index (χ2n) is 3.93. The third-order valence-corrected chi connectivity index (χ3v) is 3.34. The number of ether oxygens (including phenoxy) is 1. The number of halogens is 3. The Morgan fingerprint density at radius 3 is 2.58 bits per heavy atom. The van der Waals surface area contributed by atoms with Crippen LogP contribution in [-0.2, 0) is 0 Å². The Morgan fingerprint density at radius 1 is 1.16 bits per heavy atom. The van der Waals surface area contributed by atoms with Crippen LogP contribution in [0.25, 0.3) is 0 Å². The van der Waals surface area contributed by atoms with E-state index in [1.807, 2.05) is 0 Å². The Kier molecular flexibility index (Phi) is 4.30. The number of methoxy groups -OCH3 is 1. The summed E-state index contributed by atoms with van der Waals surface area (Å²) < 4.78 is 19.0. The minimum atomic E-state index is -1.21. The average molecular weight is 301 g/mol. The fraction of sp³-hybridized carbons (Fsp3) is 0.143. The molecule has 1 unspecified atom stereocenters. The lowest BCUT2D eigenvalue weighted by Crippen LogP contribution is -2.04. The molecule has 0 aliphatic rings. The SMILES string of the molecule is COc1cccc(C(O)c2cc(Cl)ccc2Cl)c1F. The first-order valence-corrected chi connectivity index (χ1v) is 6.25. The van der Waals surface area contributed by atoms with Crippen molar-refractivity contribution < 1.29 is 14.2 Å². The van der Waals surface area contributed by atoms with Crippen LogP contribution in [0.5, 0.6) is 5.75 Å². The summed E-state index contributed by atoms with van der Waals surface area (Å²) in [6.45, 7) is 0. The smallest absolute Gasteiger partial charge is 0.171 e. The van der Waals surface area contributed by atoms with E-state index in [2.05, 4.69) is 0 Å². The lowest BCUT2D eigenvalue weighted by Gasteiger charge is -2.15. The first-order chi connectivity index (χ1) is 9.04. The number of hydrogen-bond donors (Lipinski definition) is 1. The van der Waals surface area contributed by atoms with Crippen LogP contribution in [0.4, 0.5) is 4.39 Å². The molecular formula is C14H11Cl2FO2. The molecule has 2 nitrogen and oxygen atoms in total. The van der Waals surface area contributed by atoms with Gasteiger partial charge < -0.3 is 9.84 Å². The van der Waals surface area contributed by atoms with Gasteiger partial charge in [0.2, 0.25) is 0 Å². The van der Waals surface area contributed by atoms with Crippen molar-refractivity contribution in [2.24, 2.45) is 0 Å². The highest BCUT2D eigenvalue weighted by Gasteiger charge is 2.20. The standard InChI is InChI=1S/C14H11Cl2FO2/c1-19-12-4-2-3-9(13(12)17)14(18)10-7-8(15)5-6-11(10)16/h2-7,14,18H,1H3. The molecule has 0 aromatic heterocycles. The summed E-state index contributed by atoms with van der Waals surface area (Å²) in [6.07, 6.45) is -1.21. The second kappa shape index (κ2) is 5.78. The molecule has 0 aliphatic heterocycles. The van der Waals surface area contributed by atoms with Crippen molar-refractivity contribution >= 4 is 23.2 Å². The van der Waals surface area contributed by atoms with Gasteiger partial charge in [-0.2, -0.15) is 0 Å². The lowest BCUT2D eigenvalue weighted by atomic mass is 10.0. The van der Waals surface area contributed by atoms with Gasteiger partial charge in [-0.25, -0.2) is 4.39 Å². The largest absolute Gasteiger partial charge is 0.494 e. The maximum Gasteiger partial charge on any atom is 0.171 e. The topological polar surface area (TPSA) is 29.5 Å². The van der Waals surface area contributed by atoms with E-state index < -0.39 is 11.9 Å². The van der Waals surface area contributed by atoms with Gasteiger partial charge in [-0.05, 0) is 24.3 Å². The third-order valence-electron chi connectivity index (χ3n) is 2.76. The average Bonchev–Trinajstić information content (AvgIpc) is 2.41. The molecule has 0 radical (unpaired) electrons. The lowest BCUT2D eigenvalue weighted by molar-refractivity contribution is 0.213. The summed E-state index contributed by atoms with van der Waals surface area (Å²) in [4.78, 5) is 0. The molecule has 0 fully saturated rings. The van der Waals surface area contributed by atoms with Crippen molar-refractivity contribution in [1.82, 2.24) is 0 Å². The summed E-state index contributed by atoms with van der Waals surface area (Å²) in [5.74, 6) is -0.553. The van der Waals surface area contributed by atoms with E-state index in [1.165, 1.54) is 25.3 Å². The Bertz CT molecular complexity index is 602. The molecule has 0 aliphatic carbocycles. The van der Waals surface area contributed by atoms with Crippen LogP contribution < -0.4 is 4.74 Å². The number of rotatable bonds is 3. The molecule has 2 aromatic rings. The minimum absolute atomic E-state index is 0.0645. The van der Waals surface area contributed by atoms with Gasteiger partial charge >= 0.3 is 0 Å². The maximum atomic E-state index is 14.1. The van der Waals surface area contributed by atoms with Crippen LogP contribution in [-0.4, -0.2) is 12.2 Å². The molecule has 2 rings (SSSR count). The fourth-order valence-corrected chi connectivity index (χ4v) is 2.19. The zero-order valence-corrected chi connectivity index (χ0v) is 11.5. The number of aliphatic hydroxyl groups excluding tert-OH is 1. The van der Waals surface area contributed by atoms with Crippen molar-refractivity contribution in [3.8, 4) is 5.75 Å². The van der Waals surface area contributed by atoms with Crippen molar-refractivity contribution in [1.29, 1.82) is 0 Å². The highest BCUT2D eigenvalue weighted by molar-refractivity contribution is 6.33. The molecule has 0 bridgehead atoms. The molecule has 100 valence electrons. The third kappa shape index (κ3) is 2.84. The van der Waals surface area contributed by atoms with E-state index in [0.29, 0.717) is 15.6 Å². The predicted molar refractivity (Wildman–Crippen MR) is 73.5 cm³/mol. The number of hydrogen-bond acceptors (Lipinski definition) is 2. The van der Waals surface area contributed by atoms with Crippen molar-refractivity contribution in [2.75, 3.05) is 7.11 Å². The van der Waals surface area contributed by atoms with Crippen LogP contribution in [0, 0.1) is 5.82 Å². The second-order valence-corrected chi connectivity index (χ2v) is 4.78. The van der Waals surface area contributed by atoms with Crippen LogP contribution in [0.3, 0.4) is 0 Å². The highest BCUT2D eigenvalue weighted by Crippen LogP contribution is 2.33. The Balaban J connectivity index is 2.50. The van der Waals surface area contributed by atoms with Gasteiger partial charge in [0.05, 0.1) is 7.11 Å². The molecule has 0 saturated heterocycles. The molecule has 0 spiro atoms.